The lowest BCUT2D eigenvalue weighted by molar-refractivity contribution is -0.137. The predicted octanol–water partition coefficient (Wildman–Crippen LogP) is 1.84. The first kappa shape index (κ1) is 20.6. The van der Waals surface area contributed by atoms with Gasteiger partial charge in [-0.15, -0.1) is 0 Å². The molecule has 2 aromatic rings. The maximum Gasteiger partial charge on any atom is 0.228 e. The minimum Gasteiger partial charge on any atom is -0.441 e. The monoisotopic (exact) mass is 425 g/mol. The number of nitrogens with zero attached hydrogens (tertiary/aromatic N) is 4. The number of rotatable bonds is 3. The molecular formula is C23H31N5O3. The van der Waals surface area contributed by atoms with Crippen molar-refractivity contribution >= 4 is 5.91 Å². The van der Waals surface area contributed by atoms with E-state index in [1.807, 2.05) is 17.0 Å². The van der Waals surface area contributed by atoms with E-state index in [-0.39, 0.29) is 17.9 Å². The smallest absolute Gasteiger partial charge is 0.228 e. The molecule has 166 valence electrons. The fourth-order valence-electron chi connectivity index (χ4n) is 5.06. The zero-order chi connectivity index (χ0) is 21.2. The van der Waals surface area contributed by atoms with Crippen molar-refractivity contribution in [3.05, 3.63) is 36.0 Å². The van der Waals surface area contributed by atoms with E-state index in [9.17, 15) is 4.79 Å². The third-order valence-corrected chi connectivity index (χ3v) is 6.81. The van der Waals surface area contributed by atoms with Crippen molar-refractivity contribution in [2.75, 3.05) is 32.8 Å². The first-order valence-corrected chi connectivity index (χ1v) is 11.4. The largest absolute Gasteiger partial charge is 0.441 e. The number of pyridine rings is 1. The standard InChI is InChI=1S/C23H31N5O3/c24-18-4-3-17(13-28(14-18)19-6-10-30-11-7-19)23(29)27-9-5-21-20(15-27)26-22(31-21)16-2-1-8-25-12-16/h1-2,8,12,17-19H,3-7,9-11,13-15,24H2/t17-,18+/m0/s1. The molecule has 31 heavy (non-hydrogen) atoms. The molecule has 3 aliphatic heterocycles. The number of oxazole rings is 1. The minimum absolute atomic E-state index is 0.0114. The summed E-state index contributed by atoms with van der Waals surface area (Å²) in [6.45, 7) is 4.45. The number of hydrogen-bond donors (Lipinski definition) is 1. The van der Waals surface area contributed by atoms with Crippen LogP contribution in [0.25, 0.3) is 11.5 Å². The highest BCUT2D eigenvalue weighted by Crippen LogP contribution is 2.28. The van der Waals surface area contributed by atoms with Crippen LogP contribution in [-0.4, -0.2) is 70.6 Å². The second-order valence-electron chi connectivity index (χ2n) is 8.97. The first-order chi connectivity index (χ1) is 15.2. The van der Waals surface area contributed by atoms with Crippen LogP contribution in [0.2, 0.25) is 0 Å². The number of likely N-dealkylation sites (tertiary alicyclic amines) is 1. The third-order valence-electron chi connectivity index (χ3n) is 6.81. The predicted molar refractivity (Wildman–Crippen MR) is 115 cm³/mol. The Kier molecular flexibility index (Phi) is 6.02. The summed E-state index contributed by atoms with van der Waals surface area (Å²) in [7, 11) is 0. The molecule has 5 rings (SSSR count). The van der Waals surface area contributed by atoms with Crippen LogP contribution >= 0.6 is 0 Å². The SMILES string of the molecule is N[C@@H]1CC[C@H](C(=O)N2CCc3oc(-c4cccnc4)nc3C2)CN(C2CCOCC2)C1. The Labute approximate surface area is 182 Å². The number of amides is 1. The number of fused-ring (bicyclic) bond motifs is 1. The van der Waals surface area contributed by atoms with Gasteiger partial charge in [0.2, 0.25) is 11.8 Å². The molecule has 5 heterocycles. The van der Waals surface area contributed by atoms with Gasteiger partial charge in [-0.25, -0.2) is 4.98 Å². The van der Waals surface area contributed by atoms with E-state index in [1.54, 1.807) is 12.4 Å². The summed E-state index contributed by atoms with van der Waals surface area (Å²) in [6, 6.07) is 4.41. The molecule has 0 aromatic carbocycles. The van der Waals surface area contributed by atoms with Crippen molar-refractivity contribution in [2.45, 2.75) is 50.7 Å². The molecule has 2 aromatic heterocycles. The zero-order valence-electron chi connectivity index (χ0n) is 17.9. The highest BCUT2D eigenvalue weighted by atomic mass is 16.5. The fourth-order valence-corrected chi connectivity index (χ4v) is 5.06. The van der Waals surface area contributed by atoms with Gasteiger partial charge in [0, 0.05) is 63.7 Å². The molecule has 3 aliphatic rings. The van der Waals surface area contributed by atoms with E-state index in [1.165, 1.54) is 0 Å². The molecule has 0 unspecified atom stereocenters. The summed E-state index contributed by atoms with van der Waals surface area (Å²) in [5.74, 6) is 1.68. The van der Waals surface area contributed by atoms with Gasteiger partial charge in [0.15, 0.2) is 0 Å². The minimum atomic E-state index is -0.0114. The molecule has 2 saturated heterocycles. The zero-order valence-corrected chi connectivity index (χ0v) is 17.9. The Morgan fingerprint density at radius 2 is 2.03 bits per heavy atom. The van der Waals surface area contributed by atoms with Crippen LogP contribution in [0.1, 0.15) is 37.1 Å². The molecule has 2 fully saturated rings. The molecule has 0 saturated carbocycles. The van der Waals surface area contributed by atoms with Crippen LogP contribution in [-0.2, 0) is 22.5 Å². The van der Waals surface area contributed by atoms with E-state index in [0.717, 1.165) is 69.0 Å². The Bertz CT molecular complexity index is 896. The van der Waals surface area contributed by atoms with Gasteiger partial charge >= 0.3 is 0 Å². The van der Waals surface area contributed by atoms with Crippen LogP contribution in [0, 0.1) is 5.92 Å². The van der Waals surface area contributed by atoms with Crippen molar-refractivity contribution in [2.24, 2.45) is 11.7 Å². The van der Waals surface area contributed by atoms with Gasteiger partial charge in [-0.05, 0) is 37.8 Å². The number of ether oxygens (including phenoxy) is 1. The molecular weight excluding hydrogens is 394 g/mol. The third kappa shape index (κ3) is 4.51. The fraction of sp³-hybridized carbons (Fsp3) is 0.609. The Balaban J connectivity index is 1.28. The number of carbonyl (C=O) groups excluding carboxylic acids is 1. The lowest BCUT2D eigenvalue weighted by Crippen LogP contribution is -2.48. The average Bonchev–Trinajstić information content (AvgIpc) is 3.15. The summed E-state index contributed by atoms with van der Waals surface area (Å²) in [6.07, 6.45) is 7.97. The van der Waals surface area contributed by atoms with Gasteiger partial charge < -0.3 is 19.8 Å². The molecule has 1 amide bonds. The molecule has 0 radical (unpaired) electrons. The van der Waals surface area contributed by atoms with E-state index in [4.69, 9.17) is 14.9 Å². The van der Waals surface area contributed by atoms with Crippen molar-refractivity contribution in [1.29, 1.82) is 0 Å². The summed E-state index contributed by atoms with van der Waals surface area (Å²) in [5, 5.41) is 0. The second-order valence-corrected chi connectivity index (χ2v) is 8.97. The maximum atomic E-state index is 13.5. The normalized spacial score (nSPS) is 25.8. The molecule has 0 spiro atoms. The van der Waals surface area contributed by atoms with Gasteiger partial charge in [-0.2, -0.15) is 0 Å². The van der Waals surface area contributed by atoms with Gasteiger partial charge in [0.25, 0.3) is 0 Å². The van der Waals surface area contributed by atoms with Crippen LogP contribution in [0.4, 0.5) is 0 Å². The van der Waals surface area contributed by atoms with E-state index in [0.29, 0.717) is 31.4 Å². The summed E-state index contributed by atoms with van der Waals surface area (Å²) < 4.78 is 11.5. The van der Waals surface area contributed by atoms with E-state index < -0.39 is 0 Å². The Morgan fingerprint density at radius 1 is 1.16 bits per heavy atom. The first-order valence-electron chi connectivity index (χ1n) is 11.4. The number of aromatic nitrogens is 2. The quantitative estimate of drug-likeness (QED) is 0.801. The van der Waals surface area contributed by atoms with Crippen LogP contribution in [0.3, 0.4) is 0 Å². The number of hydrogen-bond acceptors (Lipinski definition) is 7. The molecule has 2 N–H and O–H groups in total. The Morgan fingerprint density at radius 3 is 2.84 bits per heavy atom. The molecule has 8 nitrogen and oxygen atoms in total. The maximum absolute atomic E-state index is 13.5. The lowest BCUT2D eigenvalue weighted by atomic mass is 9.98. The Hall–Kier alpha value is -2.29. The molecule has 0 aliphatic carbocycles. The molecule has 2 atom stereocenters. The van der Waals surface area contributed by atoms with Crippen LogP contribution in [0.15, 0.2) is 28.9 Å². The van der Waals surface area contributed by atoms with Crippen LogP contribution in [0.5, 0.6) is 0 Å². The topological polar surface area (TPSA) is 97.7 Å². The van der Waals surface area contributed by atoms with Gasteiger partial charge in [0.05, 0.1) is 18.0 Å². The second kappa shape index (κ2) is 9.06. The lowest BCUT2D eigenvalue weighted by Gasteiger charge is -2.36. The highest BCUT2D eigenvalue weighted by Gasteiger charge is 2.35. The summed E-state index contributed by atoms with van der Waals surface area (Å²) in [5.41, 5.74) is 8.10. The molecule has 0 bridgehead atoms. The van der Waals surface area contributed by atoms with E-state index >= 15 is 0 Å². The van der Waals surface area contributed by atoms with Crippen molar-refractivity contribution in [3.63, 3.8) is 0 Å². The summed E-state index contributed by atoms with van der Waals surface area (Å²) >= 11 is 0. The number of nitrogens with two attached hydrogens (primary N) is 1. The molecule has 8 heteroatoms. The highest BCUT2D eigenvalue weighted by molar-refractivity contribution is 5.79. The van der Waals surface area contributed by atoms with Crippen LogP contribution < -0.4 is 5.73 Å². The van der Waals surface area contributed by atoms with E-state index in [2.05, 4.69) is 14.9 Å². The van der Waals surface area contributed by atoms with Gasteiger partial charge in [-0.3, -0.25) is 14.7 Å². The van der Waals surface area contributed by atoms with Crippen molar-refractivity contribution in [1.82, 2.24) is 19.8 Å². The van der Waals surface area contributed by atoms with Crippen molar-refractivity contribution in [3.8, 4) is 11.5 Å². The summed E-state index contributed by atoms with van der Waals surface area (Å²) in [4.78, 5) is 26.7. The van der Waals surface area contributed by atoms with Crippen molar-refractivity contribution < 1.29 is 13.9 Å². The average molecular weight is 426 g/mol. The van der Waals surface area contributed by atoms with Gasteiger partial charge in [-0.1, -0.05) is 0 Å². The van der Waals surface area contributed by atoms with Gasteiger partial charge in [0.1, 0.15) is 11.5 Å². The number of carbonyl (C=O) groups is 1.